The van der Waals surface area contributed by atoms with Crippen molar-refractivity contribution in [3.63, 3.8) is 0 Å². The average molecular weight is 316 g/mol. The smallest absolute Gasteiger partial charge is 0.254 e. The summed E-state index contributed by atoms with van der Waals surface area (Å²) in [5.41, 5.74) is 2.40. The summed E-state index contributed by atoms with van der Waals surface area (Å²) < 4.78 is 5.62. The lowest BCUT2D eigenvalue weighted by Gasteiger charge is -2.39. The molecule has 1 aliphatic carbocycles. The summed E-state index contributed by atoms with van der Waals surface area (Å²) in [7, 11) is 1.58. The maximum atomic E-state index is 12.8. The number of carbonyl (C=O) groups is 2. The van der Waals surface area contributed by atoms with Gasteiger partial charge in [0.15, 0.2) is 5.60 Å². The Balaban J connectivity index is 1.78. The maximum Gasteiger partial charge on any atom is 0.254 e. The van der Waals surface area contributed by atoms with Gasteiger partial charge in [0.1, 0.15) is 0 Å². The third-order valence-electron chi connectivity index (χ3n) is 4.86. The molecule has 1 fully saturated rings. The number of ether oxygens (including phenoxy) is 1. The van der Waals surface area contributed by atoms with Gasteiger partial charge in [-0.3, -0.25) is 9.59 Å². The molecule has 0 saturated carbocycles. The molecule has 1 saturated heterocycles. The minimum absolute atomic E-state index is 0.0169. The van der Waals surface area contributed by atoms with E-state index in [0.29, 0.717) is 18.7 Å². The number of carbonyl (C=O) groups excluding carboxylic acids is 2. The standard InChI is InChI=1S/C18H24N2O3/c1-18(17(22)19-2)12-20(9-10-23-18)16(21)15-8-7-13-5-3-4-6-14(13)11-15/h7-8,11H,3-6,9-10,12H2,1-2H3,(H,19,22). The Bertz CT molecular complexity index is 629. The Morgan fingerprint density at radius 3 is 2.70 bits per heavy atom. The van der Waals surface area contributed by atoms with Crippen molar-refractivity contribution < 1.29 is 14.3 Å². The van der Waals surface area contributed by atoms with E-state index in [4.69, 9.17) is 4.74 Å². The number of nitrogens with zero attached hydrogens (tertiary/aromatic N) is 1. The summed E-state index contributed by atoms with van der Waals surface area (Å²) in [5.74, 6) is -0.211. The van der Waals surface area contributed by atoms with E-state index in [9.17, 15) is 9.59 Å². The predicted octanol–water partition coefficient (Wildman–Crippen LogP) is 1.54. The van der Waals surface area contributed by atoms with Crippen LogP contribution in [0.4, 0.5) is 0 Å². The van der Waals surface area contributed by atoms with Gasteiger partial charge in [-0.25, -0.2) is 0 Å². The quantitative estimate of drug-likeness (QED) is 0.900. The summed E-state index contributed by atoms with van der Waals surface area (Å²) in [6.45, 7) is 2.91. The van der Waals surface area contributed by atoms with Crippen LogP contribution < -0.4 is 5.32 Å². The average Bonchev–Trinajstić information content (AvgIpc) is 2.60. The largest absolute Gasteiger partial charge is 0.362 e. The van der Waals surface area contributed by atoms with E-state index >= 15 is 0 Å². The highest BCUT2D eigenvalue weighted by molar-refractivity contribution is 5.95. The number of nitrogens with one attached hydrogen (secondary N) is 1. The number of amides is 2. The summed E-state index contributed by atoms with van der Waals surface area (Å²) in [4.78, 5) is 26.6. The van der Waals surface area contributed by atoms with Crippen molar-refractivity contribution in [2.75, 3.05) is 26.7 Å². The monoisotopic (exact) mass is 316 g/mol. The van der Waals surface area contributed by atoms with E-state index in [2.05, 4.69) is 11.4 Å². The molecule has 2 amide bonds. The van der Waals surface area contributed by atoms with Gasteiger partial charge in [0.25, 0.3) is 11.8 Å². The molecule has 0 spiro atoms. The molecular weight excluding hydrogens is 292 g/mol. The first-order chi connectivity index (χ1) is 11.0. The Labute approximate surface area is 137 Å². The topological polar surface area (TPSA) is 58.6 Å². The maximum absolute atomic E-state index is 12.8. The van der Waals surface area contributed by atoms with Crippen molar-refractivity contribution in [3.05, 3.63) is 34.9 Å². The molecule has 1 heterocycles. The number of rotatable bonds is 2. The highest BCUT2D eigenvalue weighted by Crippen LogP contribution is 2.24. The minimum Gasteiger partial charge on any atom is -0.362 e. The molecule has 1 unspecified atom stereocenters. The summed E-state index contributed by atoms with van der Waals surface area (Å²) in [6, 6.07) is 6.03. The Kier molecular flexibility index (Phi) is 4.39. The van der Waals surface area contributed by atoms with Crippen LogP contribution in [0.15, 0.2) is 18.2 Å². The van der Waals surface area contributed by atoms with E-state index in [0.717, 1.165) is 12.8 Å². The SMILES string of the molecule is CNC(=O)C1(C)CN(C(=O)c2ccc3c(c2)CCCC3)CCO1. The van der Waals surface area contributed by atoms with E-state index in [-0.39, 0.29) is 18.4 Å². The fraction of sp³-hybridized carbons (Fsp3) is 0.556. The summed E-state index contributed by atoms with van der Waals surface area (Å²) >= 11 is 0. The lowest BCUT2D eigenvalue weighted by atomic mass is 9.90. The molecule has 23 heavy (non-hydrogen) atoms. The third-order valence-corrected chi connectivity index (χ3v) is 4.86. The molecule has 124 valence electrons. The van der Waals surface area contributed by atoms with Gasteiger partial charge in [0.05, 0.1) is 13.2 Å². The van der Waals surface area contributed by atoms with Gasteiger partial charge in [-0.2, -0.15) is 0 Å². The number of likely N-dealkylation sites (N-methyl/N-ethyl adjacent to an activating group) is 1. The van der Waals surface area contributed by atoms with Crippen LogP contribution in [0, 0.1) is 0 Å². The normalized spacial score (nSPS) is 24.0. The van der Waals surface area contributed by atoms with Crippen molar-refractivity contribution in [2.24, 2.45) is 0 Å². The van der Waals surface area contributed by atoms with Crippen LogP contribution in [0.3, 0.4) is 0 Å². The van der Waals surface area contributed by atoms with Crippen molar-refractivity contribution in [2.45, 2.75) is 38.2 Å². The number of aryl methyl sites for hydroxylation is 2. The van der Waals surface area contributed by atoms with Crippen LogP contribution in [-0.2, 0) is 22.4 Å². The number of benzene rings is 1. The Morgan fingerprint density at radius 2 is 1.96 bits per heavy atom. The van der Waals surface area contributed by atoms with Gasteiger partial charge in [0.2, 0.25) is 0 Å². The molecule has 5 nitrogen and oxygen atoms in total. The van der Waals surface area contributed by atoms with Crippen LogP contribution >= 0.6 is 0 Å². The van der Waals surface area contributed by atoms with Gasteiger partial charge in [-0.05, 0) is 55.9 Å². The second kappa shape index (κ2) is 6.32. The van der Waals surface area contributed by atoms with Gasteiger partial charge in [-0.1, -0.05) is 6.07 Å². The first kappa shape index (κ1) is 16.0. The van der Waals surface area contributed by atoms with Crippen LogP contribution in [0.1, 0.15) is 41.3 Å². The summed E-state index contributed by atoms with van der Waals surface area (Å²) in [6.07, 6.45) is 4.58. The highest BCUT2D eigenvalue weighted by atomic mass is 16.5. The zero-order chi connectivity index (χ0) is 16.4. The van der Waals surface area contributed by atoms with Crippen molar-refractivity contribution in [1.29, 1.82) is 0 Å². The van der Waals surface area contributed by atoms with E-state index < -0.39 is 5.60 Å². The van der Waals surface area contributed by atoms with Crippen LogP contribution in [-0.4, -0.2) is 49.1 Å². The minimum atomic E-state index is -0.975. The summed E-state index contributed by atoms with van der Waals surface area (Å²) in [5, 5.41) is 2.61. The molecule has 1 atom stereocenters. The van der Waals surface area contributed by atoms with Gasteiger partial charge in [-0.15, -0.1) is 0 Å². The Hall–Kier alpha value is -1.88. The van der Waals surface area contributed by atoms with Crippen LogP contribution in [0.25, 0.3) is 0 Å². The number of hydrogen-bond acceptors (Lipinski definition) is 3. The van der Waals surface area contributed by atoms with Crippen molar-refractivity contribution in [1.82, 2.24) is 10.2 Å². The second-order valence-corrected chi connectivity index (χ2v) is 6.58. The number of morpholine rings is 1. The fourth-order valence-corrected chi connectivity index (χ4v) is 3.49. The van der Waals surface area contributed by atoms with Gasteiger partial charge >= 0.3 is 0 Å². The molecule has 0 bridgehead atoms. The lowest BCUT2D eigenvalue weighted by molar-refractivity contribution is -0.153. The molecule has 2 aliphatic rings. The van der Waals surface area contributed by atoms with Crippen LogP contribution in [0.2, 0.25) is 0 Å². The number of hydrogen-bond donors (Lipinski definition) is 1. The van der Waals surface area contributed by atoms with Crippen molar-refractivity contribution >= 4 is 11.8 Å². The molecule has 0 radical (unpaired) electrons. The molecule has 1 aliphatic heterocycles. The second-order valence-electron chi connectivity index (χ2n) is 6.58. The first-order valence-corrected chi connectivity index (χ1v) is 8.31. The van der Waals surface area contributed by atoms with Gasteiger partial charge < -0.3 is 15.0 Å². The Morgan fingerprint density at radius 1 is 1.22 bits per heavy atom. The van der Waals surface area contributed by atoms with Crippen LogP contribution in [0.5, 0.6) is 0 Å². The zero-order valence-corrected chi connectivity index (χ0v) is 13.9. The lowest BCUT2D eigenvalue weighted by Crippen LogP contribution is -2.58. The van der Waals surface area contributed by atoms with Gasteiger partial charge in [0, 0.05) is 19.2 Å². The van der Waals surface area contributed by atoms with Crippen molar-refractivity contribution in [3.8, 4) is 0 Å². The predicted molar refractivity (Wildman–Crippen MR) is 87.4 cm³/mol. The van der Waals surface area contributed by atoms with E-state index in [1.165, 1.54) is 24.0 Å². The van der Waals surface area contributed by atoms with E-state index in [1.807, 2.05) is 12.1 Å². The first-order valence-electron chi connectivity index (χ1n) is 8.31. The fourth-order valence-electron chi connectivity index (χ4n) is 3.49. The molecule has 1 aromatic carbocycles. The number of fused-ring (bicyclic) bond motifs is 1. The highest BCUT2D eigenvalue weighted by Gasteiger charge is 2.40. The molecule has 0 aromatic heterocycles. The molecule has 1 N–H and O–H groups in total. The third kappa shape index (κ3) is 3.11. The van der Waals surface area contributed by atoms with E-state index in [1.54, 1.807) is 18.9 Å². The zero-order valence-electron chi connectivity index (χ0n) is 13.9. The molecule has 5 heteroatoms. The molecule has 1 aromatic rings. The molecule has 3 rings (SSSR count). The molecular formula is C18H24N2O3.